The van der Waals surface area contributed by atoms with Crippen molar-refractivity contribution >= 4 is 39.0 Å². The van der Waals surface area contributed by atoms with Crippen molar-refractivity contribution in [2.75, 3.05) is 0 Å². The predicted molar refractivity (Wildman–Crippen MR) is 66.5 cm³/mol. The molecule has 0 amide bonds. The third kappa shape index (κ3) is 1.65. The molecule has 1 aliphatic rings. The summed E-state index contributed by atoms with van der Waals surface area (Å²) in [6, 6.07) is 14.9. The minimum atomic E-state index is 1.18. The van der Waals surface area contributed by atoms with Crippen LogP contribution in [0.1, 0.15) is 0 Å². The van der Waals surface area contributed by atoms with E-state index in [2.05, 4.69) is 52.7 Å². The van der Waals surface area contributed by atoms with Gasteiger partial charge in [0.2, 0.25) is 0 Å². The van der Waals surface area contributed by atoms with Crippen LogP contribution in [0.2, 0.25) is 0 Å². The maximum atomic E-state index is 3.65. The monoisotopic (exact) mass is 243 g/mol. The largest absolute Gasteiger partial charge is 0.0879 e. The zero-order chi connectivity index (χ0) is 10.3. The average Bonchev–Trinajstić information content (AvgIpc) is 2.27. The standard InChI is InChI=1S/C12H7S2Si/c15-11-7-3-6-10-12(11)14-9-5-2-1-4-8(9)13-10/h1-7H. The van der Waals surface area contributed by atoms with Crippen LogP contribution in [0.5, 0.6) is 0 Å². The molecular formula is C12H7S2Si. The number of hydrogen-bond acceptors (Lipinski definition) is 2. The Kier molecular flexibility index (Phi) is 2.39. The second-order valence-electron chi connectivity index (χ2n) is 3.28. The smallest absolute Gasteiger partial charge is 0.0728 e. The average molecular weight is 243 g/mol. The number of benzene rings is 2. The van der Waals surface area contributed by atoms with Crippen LogP contribution in [0, 0.1) is 0 Å². The fraction of sp³-hybridized carbons (Fsp3) is 0. The lowest BCUT2D eigenvalue weighted by molar-refractivity contribution is 1.17. The van der Waals surface area contributed by atoms with Gasteiger partial charge in [-0.25, -0.2) is 0 Å². The van der Waals surface area contributed by atoms with Gasteiger partial charge in [0.1, 0.15) is 0 Å². The molecule has 0 atom stereocenters. The maximum Gasteiger partial charge on any atom is 0.0728 e. The van der Waals surface area contributed by atoms with Crippen molar-refractivity contribution in [1.29, 1.82) is 0 Å². The normalized spacial score (nSPS) is 13.1. The van der Waals surface area contributed by atoms with Crippen molar-refractivity contribution in [2.24, 2.45) is 0 Å². The van der Waals surface area contributed by atoms with Crippen molar-refractivity contribution in [3.8, 4) is 0 Å². The first-order chi connectivity index (χ1) is 7.34. The van der Waals surface area contributed by atoms with Gasteiger partial charge in [-0.15, -0.1) is 0 Å². The molecule has 0 nitrogen and oxygen atoms in total. The molecule has 0 fully saturated rings. The first kappa shape index (κ1) is 9.57. The van der Waals surface area contributed by atoms with Crippen molar-refractivity contribution in [3.05, 3.63) is 42.5 Å². The molecule has 0 spiro atoms. The Labute approximate surface area is 101 Å². The van der Waals surface area contributed by atoms with E-state index in [9.17, 15) is 0 Å². The predicted octanol–water partition coefficient (Wildman–Crippen LogP) is 3.10. The van der Waals surface area contributed by atoms with Gasteiger partial charge in [-0.3, -0.25) is 0 Å². The Morgan fingerprint density at radius 1 is 0.733 bits per heavy atom. The molecule has 15 heavy (non-hydrogen) atoms. The molecule has 0 bridgehead atoms. The van der Waals surface area contributed by atoms with Crippen LogP contribution in [0.15, 0.2) is 62.0 Å². The van der Waals surface area contributed by atoms with Crippen molar-refractivity contribution < 1.29 is 0 Å². The molecule has 3 heteroatoms. The van der Waals surface area contributed by atoms with Gasteiger partial charge in [-0.05, 0) is 18.2 Å². The van der Waals surface area contributed by atoms with Crippen molar-refractivity contribution in [3.63, 3.8) is 0 Å². The van der Waals surface area contributed by atoms with Crippen molar-refractivity contribution in [1.82, 2.24) is 0 Å². The second-order valence-corrected chi connectivity index (χ2v) is 5.96. The molecule has 0 unspecified atom stereocenters. The fourth-order valence-corrected chi connectivity index (χ4v) is 4.31. The van der Waals surface area contributed by atoms with Gasteiger partial charge in [0.05, 0.1) is 10.2 Å². The first-order valence-corrected chi connectivity index (χ1v) is 6.77. The van der Waals surface area contributed by atoms with Gasteiger partial charge in [-0.1, -0.05) is 53.0 Å². The van der Waals surface area contributed by atoms with E-state index >= 15 is 0 Å². The fourth-order valence-electron chi connectivity index (χ4n) is 1.55. The lowest BCUT2D eigenvalue weighted by Gasteiger charge is -2.19. The van der Waals surface area contributed by atoms with Crippen LogP contribution < -0.4 is 5.19 Å². The molecular weight excluding hydrogens is 236 g/mol. The Bertz CT molecular complexity index is 523. The molecule has 2 aromatic rings. The Morgan fingerprint density at radius 2 is 1.40 bits per heavy atom. The van der Waals surface area contributed by atoms with Gasteiger partial charge in [0, 0.05) is 19.6 Å². The first-order valence-electron chi connectivity index (χ1n) is 4.64. The number of fused-ring (bicyclic) bond motifs is 2. The van der Waals surface area contributed by atoms with E-state index in [1.807, 2.05) is 23.5 Å². The van der Waals surface area contributed by atoms with Gasteiger partial charge in [0.25, 0.3) is 0 Å². The third-order valence-electron chi connectivity index (χ3n) is 2.26. The highest BCUT2D eigenvalue weighted by Gasteiger charge is 2.17. The highest BCUT2D eigenvalue weighted by atomic mass is 32.2. The van der Waals surface area contributed by atoms with E-state index in [0.717, 1.165) is 0 Å². The summed E-state index contributed by atoms with van der Waals surface area (Å²) in [4.78, 5) is 5.37. The Morgan fingerprint density at radius 3 is 2.20 bits per heavy atom. The molecule has 0 saturated heterocycles. The van der Waals surface area contributed by atoms with E-state index in [4.69, 9.17) is 0 Å². The summed E-state index contributed by atoms with van der Waals surface area (Å²) in [5.74, 6) is 0. The number of rotatable bonds is 0. The Balaban J connectivity index is 2.15. The lowest BCUT2D eigenvalue weighted by Crippen LogP contribution is -2.08. The summed E-state index contributed by atoms with van der Waals surface area (Å²) < 4.78 is 0. The van der Waals surface area contributed by atoms with E-state index in [-0.39, 0.29) is 0 Å². The highest BCUT2D eigenvalue weighted by Crippen LogP contribution is 2.47. The van der Waals surface area contributed by atoms with Gasteiger partial charge >= 0.3 is 0 Å². The zero-order valence-corrected chi connectivity index (χ0v) is 10.5. The van der Waals surface area contributed by atoms with Crippen LogP contribution in [0.4, 0.5) is 0 Å². The van der Waals surface area contributed by atoms with E-state index in [1.165, 1.54) is 24.8 Å². The molecule has 0 aromatic heterocycles. The molecule has 3 radical (unpaired) electrons. The molecule has 1 heterocycles. The summed E-state index contributed by atoms with van der Waals surface area (Å²) in [7, 11) is 3.65. The summed E-state index contributed by atoms with van der Waals surface area (Å²) in [6.45, 7) is 0. The molecule has 1 aliphatic heterocycles. The highest BCUT2D eigenvalue weighted by molar-refractivity contribution is 8.05. The van der Waals surface area contributed by atoms with E-state index in [1.54, 1.807) is 0 Å². The molecule has 0 N–H and O–H groups in total. The molecule has 3 rings (SSSR count). The van der Waals surface area contributed by atoms with Gasteiger partial charge in [0.15, 0.2) is 0 Å². The van der Waals surface area contributed by atoms with Crippen LogP contribution in [-0.2, 0) is 0 Å². The van der Waals surface area contributed by atoms with E-state index < -0.39 is 0 Å². The second kappa shape index (κ2) is 3.74. The summed E-state index contributed by atoms with van der Waals surface area (Å²) in [6.07, 6.45) is 0. The van der Waals surface area contributed by atoms with Crippen LogP contribution in [0.3, 0.4) is 0 Å². The molecule has 2 aromatic carbocycles. The van der Waals surface area contributed by atoms with Gasteiger partial charge in [-0.2, -0.15) is 0 Å². The summed E-state index contributed by atoms with van der Waals surface area (Å²) in [5.41, 5.74) is 0. The maximum absolute atomic E-state index is 3.65. The Hall–Kier alpha value is -0.643. The molecule has 71 valence electrons. The summed E-state index contributed by atoms with van der Waals surface area (Å²) in [5, 5.41) is 1.18. The minimum Gasteiger partial charge on any atom is -0.0879 e. The topological polar surface area (TPSA) is 0 Å². The number of hydrogen-bond donors (Lipinski definition) is 0. The minimum absolute atomic E-state index is 1.18. The zero-order valence-electron chi connectivity index (χ0n) is 7.86. The van der Waals surface area contributed by atoms with Crippen LogP contribution in [-0.4, -0.2) is 10.2 Å². The van der Waals surface area contributed by atoms with E-state index in [0.29, 0.717) is 0 Å². The van der Waals surface area contributed by atoms with Crippen molar-refractivity contribution in [2.45, 2.75) is 19.6 Å². The van der Waals surface area contributed by atoms with Gasteiger partial charge < -0.3 is 0 Å². The SMILES string of the molecule is [Si]c1cccc2c1Sc1ccccc1S2. The quantitative estimate of drug-likeness (QED) is 0.557. The lowest BCUT2D eigenvalue weighted by atomic mass is 10.3. The van der Waals surface area contributed by atoms with Crippen LogP contribution in [0.25, 0.3) is 0 Å². The van der Waals surface area contributed by atoms with Crippen LogP contribution >= 0.6 is 23.5 Å². The summed E-state index contributed by atoms with van der Waals surface area (Å²) >= 11 is 3.68. The molecule has 0 aliphatic carbocycles. The third-order valence-corrected chi connectivity index (χ3v) is 5.47. The molecule has 0 saturated carbocycles.